The van der Waals surface area contributed by atoms with E-state index in [1.165, 1.54) is 5.56 Å². The molecule has 0 saturated carbocycles. The molecule has 0 aliphatic carbocycles. The quantitative estimate of drug-likeness (QED) is 0.845. The van der Waals surface area contributed by atoms with Crippen LogP contribution in [0.3, 0.4) is 0 Å². The van der Waals surface area contributed by atoms with Crippen molar-refractivity contribution in [3.63, 3.8) is 0 Å². The maximum absolute atomic E-state index is 5.86. The van der Waals surface area contributed by atoms with Gasteiger partial charge in [-0.1, -0.05) is 23.7 Å². The molecule has 1 aromatic carbocycles. The fraction of sp³-hybridized carbons (Fsp3) is 0.167. The summed E-state index contributed by atoms with van der Waals surface area (Å²) in [6.45, 7) is 2.08. The number of aromatic nitrogens is 2. The van der Waals surface area contributed by atoms with E-state index in [4.69, 9.17) is 11.6 Å². The molecule has 0 aliphatic rings. The van der Waals surface area contributed by atoms with Crippen molar-refractivity contribution in [1.82, 2.24) is 9.97 Å². The van der Waals surface area contributed by atoms with Crippen LogP contribution in [0.15, 0.2) is 36.8 Å². The van der Waals surface area contributed by atoms with Crippen LogP contribution in [0.4, 0.5) is 5.82 Å². The average Bonchev–Trinajstić information content (AvgIpc) is 2.33. The lowest BCUT2D eigenvalue weighted by Gasteiger charge is -2.15. The van der Waals surface area contributed by atoms with Crippen LogP contribution in [0.25, 0.3) is 0 Å². The van der Waals surface area contributed by atoms with Gasteiger partial charge in [0, 0.05) is 17.3 Å². The van der Waals surface area contributed by atoms with E-state index in [2.05, 4.69) is 44.8 Å². The average molecular weight is 360 g/mol. The van der Waals surface area contributed by atoms with Crippen molar-refractivity contribution in [2.24, 2.45) is 0 Å². The van der Waals surface area contributed by atoms with E-state index in [1.807, 2.05) is 24.3 Å². The largest absolute Gasteiger partial charge is 0.363 e. The lowest BCUT2D eigenvalue weighted by atomic mass is 10.1. The lowest BCUT2D eigenvalue weighted by Crippen LogP contribution is -2.09. The Bertz CT molecular complexity index is 501. The van der Waals surface area contributed by atoms with Crippen molar-refractivity contribution in [1.29, 1.82) is 0 Å². The SMILES string of the molecule is CC(Nc1ncncc1I)c1ccc(Cl)cc1. The highest BCUT2D eigenvalue weighted by atomic mass is 127. The fourth-order valence-corrected chi connectivity index (χ4v) is 2.04. The number of anilines is 1. The Balaban J connectivity index is 2.14. The van der Waals surface area contributed by atoms with Crippen molar-refractivity contribution in [2.75, 3.05) is 5.32 Å². The monoisotopic (exact) mass is 359 g/mol. The summed E-state index contributed by atoms with van der Waals surface area (Å²) in [4.78, 5) is 8.17. The van der Waals surface area contributed by atoms with Gasteiger partial charge in [0.1, 0.15) is 12.1 Å². The van der Waals surface area contributed by atoms with Gasteiger partial charge in [-0.2, -0.15) is 0 Å². The van der Waals surface area contributed by atoms with Crippen LogP contribution >= 0.6 is 34.2 Å². The molecule has 5 heteroatoms. The Morgan fingerprint density at radius 3 is 2.65 bits per heavy atom. The van der Waals surface area contributed by atoms with Crippen molar-refractivity contribution in [3.05, 3.63) is 50.9 Å². The zero-order valence-electron chi connectivity index (χ0n) is 9.19. The van der Waals surface area contributed by atoms with Gasteiger partial charge in [0.05, 0.1) is 3.57 Å². The van der Waals surface area contributed by atoms with Crippen molar-refractivity contribution in [3.8, 4) is 0 Å². The highest BCUT2D eigenvalue weighted by molar-refractivity contribution is 14.1. The van der Waals surface area contributed by atoms with Gasteiger partial charge >= 0.3 is 0 Å². The molecule has 2 aromatic rings. The van der Waals surface area contributed by atoms with Crippen molar-refractivity contribution in [2.45, 2.75) is 13.0 Å². The van der Waals surface area contributed by atoms with Crippen LogP contribution in [0, 0.1) is 3.57 Å². The van der Waals surface area contributed by atoms with Gasteiger partial charge in [0.25, 0.3) is 0 Å². The van der Waals surface area contributed by atoms with E-state index >= 15 is 0 Å². The normalized spacial score (nSPS) is 12.2. The molecule has 1 atom stereocenters. The first-order valence-corrected chi connectivity index (χ1v) is 6.60. The van der Waals surface area contributed by atoms with Gasteiger partial charge in [-0.3, -0.25) is 0 Å². The minimum absolute atomic E-state index is 0.177. The Labute approximate surface area is 119 Å². The maximum atomic E-state index is 5.86. The molecule has 0 radical (unpaired) electrons. The molecule has 1 unspecified atom stereocenters. The van der Waals surface area contributed by atoms with Gasteiger partial charge in [-0.25, -0.2) is 9.97 Å². The highest BCUT2D eigenvalue weighted by Gasteiger charge is 2.08. The van der Waals surface area contributed by atoms with Gasteiger partial charge < -0.3 is 5.32 Å². The Kier molecular flexibility index (Phi) is 4.17. The number of rotatable bonds is 3. The van der Waals surface area contributed by atoms with E-state index in [0.29, 0.717) is 0 Å². The molecule has 3 nitrogen and oxygen atoms in total. The minimum Gasteiger partial charge on any atom is -0.363 e. The number of nitrogens with zero attached hydrogens (tertiary/aromatic N) is 2. The molecule has 1 heterocycles. The molecular formula is C12H11ClIN3. The molecule has 0 amide bonds. The molecule has 1 aromatic heterocycles. The summed E-state index contributed by atoms with van der Waals surface area (Å²) >= 11 is 8.07. The lowest BCUT2D eigenvalue weighted by molar-refractivity contribution is 0.869. The van der Waals surface area contributed by atoms with Crippen LogP contribution in [0.5, 0.6) is 0 Å². The van der Waals surface area contributed by atoms with Crippen molar-refractivity contribution < 1.29 is 0 Å². The van der Waals surface area contributed by atoms with Gasteiger partial charge in [0.15, 0.2) is 0 Å². The van der Waals surface area contributed by atoms with E-state index in [1.54, 1.807) is 12.5 Å². The van der Waals surface area contributed by atoms with Gasteiger partial charge in [-0.05, 0) is 47.2 Å². The van der Waals surface area contributed by atoms with Crippen LogP contribution < -0.4 is 5.32 Å². The van der Waals surface area contributed by atoms with Gasteiger partial charge in [-0.15, -0.1) is 0 Å². The number of hydrogen-bond acceptors (Lipinski definition) is 3. The summed E-state index contributed by atoms with van der Waals surface area (Å²) in [6.07, 6.45) is 3.32. The third-order valence-electron chi connectivity index (χ3n) is 2.39. The molecule has 0 spiro atoms. The summed E-state index contributed by atoms with van der Waals surface area (Å²) in [5, 5.41) is 4.09. The molecule has 0 saturated heterocycles. The second kappa shape index (κ2) is 5.64. The summed E-state index contributed by atoms with van der Waals surface area (Å²) < 4.78 is 1.01. The van der Waals surface area contributed by atoms with Crippen LogP contribution in [0.1, 0.15) is 18.5 Å². The summed E-state index contributed by atoms with van der Waals surface area (Å²) in [6, 6.07) is 7.97. The van der Waals surface area contributed by atoms with Crippen LogP contribution in [-0.4, -0.2) is 9.97 Å². The molecule has 0 bridgehead atoms. The molecule has 0 fully saturated rings. The summed E-state index contributed by atoms with van der Waals surface area (Å²) in [7, 11) is 0. The molecule has 88 valence electrons. The predicted octanol–water partition coefficient (Wildman–Crippen LogP) is 3.91. The molecule has 0 aliphatic heterocycles. The van der Waals surface area contributed by atoms with Crippen molar-refractivity contribution >= 4 is 40.0 Å². The Morgan fingerprint density at radius 1 is 1.29 bits per heavy atom. The minimum atomic E-state index is 0.177. The highest BCUT2D eigenvalue weighted by Crippen LogP contribution is 2.22. The Morgan fingerprint density at radius 2 is 2.00 bits per heavy atom. The third kappa shape index (κ3) is 3.29. The van der Waals surface area contributed by atoms with E-state index < -0.39 is 0 Å². The number of nitrogens with one attached hydrogen (secondary N) is 1. The maximum Gasteiger partial charge on any atom is 0.143 e. The fourth-order valence-electron chi connectivity index (χ4n) is 1.46. The van der Waals surface area contributed by atoms with Crippen LogP contribution in [-0.2, 0) is 0 Å². The van der Waals surface area contributed by atoms with Gasteiger partial charge in [0.2, 0.25) is 0 Å². The second-order valence-corrected chi connectivity index (χ2v) is 5.24. The number of halogens is 2. The smallest absolute Gasteiger partial charge is 0.143 e. The Hall–Kier alpha value is -0.880. The summed E-state index contributed by atoms with van der Waals surface area (Å²) in [5.74, 6) is 0.850. The second-order valence-electron chi connectivity index (χ2n) is 3.64. The first-order valence-electron chi connectivity index (χ1n) is 5.14. The number of benzene rings is 1. The standard InChI is InChI=1S/C12H11ClIN3/c1-8(9-2-4-10(13)5-3-9)17-12-11(14)6-15-7-16-12/h2-8H,1H3,(H,15,16,17). The zero-order chi connectivity index (χ0) is 12.3. The third-order valence-corrected chi connectivity index (χ3v) is 3.43. The first-order chi connectivity index (χ1) is 8.16. The molecular weight excluding hydrogens is 349 g/mol. The number of hydrogen-bond donors (Lipinski definition) is 1. The zero-order valence-corrected chi connectivity index (χ0v) is 12.1. The predicted molar refractivity (Wildman–Crippen MR) is 78.2 cm³/mol. The molecule has 1 N–H and O–H groups in total. The van der Waals surface area contributed by atoms with E-state index in [-0.39, 0.29) is 6.04 Å². The first kappa shape index (κ1) is 12.6. The van der Waals surface area contributed by atoms with E-state index in [0.717, 1.165) is 14.4 Å². The van der Waals surface area contributed by atoms with Crippen LogP contribution in [0.2, 0.25) is 5.02 Å². The molecule has 2 rings (SSSR count). The topological polar surface area (TPSA) is 37.8 Å². The summed E-state index contributed by atoms with van der Waals surface area (Å²) in [5.41, 5.74) is 1.17. The molecule has 17 heavy (non-hydrogen) atoms. The van der Waals surface area contributed by atoms with E-state index in [9.17, 15) is 0 Å².